The summed E-state index contributed by atoms with van der Waals surface area (Å²) in [6.45, 7) is 7.34. The van der Waals surface area contributed by atoms with E-state index in [0.29, 0.717) is 23.4 Å². The summed E-state index contributed by atoms with van der Waals surface area (Å²) in [4.78, 5) is 19.0. The van der Waals surface area contributed by atoms with Gasteiger partial charge in [-0.2, -0.15) is 0 Å². The Morgan fingerprint density at radius 2 is 1.83 bits per heavy atom. The predicted octanol–water partition coefficient (Wildman–Crippen LogP) is 6.23. The van der Waals surface area contributed by atoms with Crippen molar-refractivity contribution in [2.45, 2.75) is 26.9 Å². The smallest absolute Gasteiger partial charge is 0.251 e. The van der Waals surface area contributed by atoms with Crippen molar-refractivity contribution in [2.75, 3.05) is 32.9 Å². The molecule has 6 nitrogen and oxygen atoms in total. The standard InChI is InChI=1S/C27H31Cl2FN4O2/c1-16(23-20(28)10-11-21(30)24(23)29)36-22-12-19(13-32-25(22)31)17-6-8-18(9-7-17)26(35)33-14-27(2,3)15-34(4)5/h6-13,16H,14-15H2,1-5H3,(H2,31,32)(H,33,35). The van der Waals surface area contributed by atoms with E-state index in [1.54, 1.807) is 31.3 Å². The van der Waals surface area contributed by atoms with Crippen LogP contribution < -0.4 is 15.8 Å². The highest BCUT2D eigenvalue weighted by Gasteiger charge is 2.21. The lowest BCUT2D eigenvalue weighted by atomic mass is 9.93. The fourth-order valence-electron chi connectivity index (χ4n) is 4.02. The average molecular weight is 533 g/mol. The van der Waals surface area contributed by atoms with E-state index >= 15 is 0 Å². The fraction of sp³-hybridized carbons (Fsp3) is 0.333. The van der Waals surface area contributed by atoms with Gasteiger partial charge in [-0.15, -0.1) is 0 Å². The molecule has 9 heteroatoms. The van der Waals surface area contributed by atoms with Gasteiger partial charge in [0.05, 0.1) is 5.02 Å². The predicted molar refractivity (Wildman–Crippen MR) is 144 cm³/mol. The zero-order valence-electron chi connectivity index (χ0n) is 21.0. The molecule has 1 amide bonds. The number of rotatable bonds is 9. The summed E-state index contributed by atoms with van der Waals surface area (Å²) in [5, 5.41) is 3.20. The third-order valence-electron chi connectivity index (χ3n) is 5.62. The van der Waals surface area contributed by atoms with Crippen LogP contribution in [0.5, 0.6) is 5.75 Å². The molecule has 0 saturated carbocycles. The molecule has 0 aliphatic carbocycles. The summed E-state index contributed by atoms with van der Waals surface area (Å²) in [6, 6.07) is 11.5. The van der Waals surface area contributed by atoms with Crippen LogP contribution in [0, 0.1) is 11.2 Å². The van der Waals surface area contributed by atoms with Gasteiger partial charge in [0.15, 0.2) is 11.6 Å². The summed E-state index contributed by atoms with van der Waals surface area (Å²) in [7, 11) is 4.02. The molecule has 1 unspecified atom stereocenters. The van der Waals surface area contributed by atoms with E-state index < -0.39 is 11.9 Å². The molecule has 0 fully saturated rings. The van der Waals surface area contributed by atoms with Crippen LogP contribution in [0.2, 0.25) is 10.0 Å². The Labute approximate surface area is 221 Å². The Balaban J connectivity index is 1.75. The minimum absolute atomic E-state index is 0.0533. The SMILES string of the molecule is CC(Oc1cc(-c2ccc(C(=O)NCC(C)(C)CN(C)C)cc2)cnc1N)c1c(Cl)ccc(F)c1Cl. The summed E-state index contributed by atoms with van der Waals surface area (Å²) < 4.78 is 19.9. The van der Waals surface area contributed by atoms with Crippen molar-refractivity contribution in [3.63, 3.8) is 0 Å². The van der Waals surface area contributed by atoms with Crippen molar-refractivity contribution in [1.82, 2.24) is 15.2 Å². The Bertz CT molecular complexity index is 1230. The van der Waals surface area contributed by atoms with Crippen molar-refractivity contribution in [3.8, 4) is 16.9 Å². The van der Waals surface area contributed by atoms with Crippen LogP contribution in [0.1, 0.15) is 42.8 Å². The Kier molecular flexibility index (Phi) is 8.82. The minimum Gasteiger partial charge on any atom is -0.482 e. The van der Waals surface area contributed by atoms with E-state index in [-0.39, 0.29) is 27.2 Å². The molecule has 0 radical (unpaired) electrons. The van der Waals surface area contributed by atoms with Gasteiger partial charge in [0.2, 0.25) is 0 Å². The van der Waals surface area contributed by atoms with Gasteiger partial charge >= 0.3 is 0 Å². The summed E-state index contributed by atoms with van der Waals surface area (Å²) in [5.74, 6) is -0.241. The molecule has 192 valence electrons. The van der Waals surface area contributed by atoms with Crippen LogP contribution in [0.15, 0.2) is 48.7 Å². The lowest BCUT2D eigenvalue weighted by Gasteiger charge is -2.28. The molecule has 0 spiro atoms. The number of amides is 1. The topological polar surface area (TPSA) is 80.5 Å². The minimum atomic E-state index is -0.678. The van der Waals surface area contributed by atoms with E-state index in [0.717, 1.165) is 17.7 Å². The van der Waals surface area contributed by atoms with E-state index in [9.17, 15) is 9.18 Å². The normalized spacial score (nSPS) is 12.5. The third-order valence-corrected chi connectivity index (χ3v) is 6.34. The largest absolute Gasteiger partial charge is 0.482 e. The van der Waals surface area contributed by atoms with Crippen LogP contribution in [-0.4, -0.2) is 43.0 Å². The van der Waals surface area contributed by atoms with Crippen molar-refractivity contribution in [2.24, 2.45) is 5.41 Å². The van der Waals surface area contributed by atoms with Gasteiger partial charge in [-0.3, -0.25) is 4.79 Å². The number of benzene rings is 2. The van der Waals surface area contributed by atoms with E-state index in [4.69, 9.17) is 33.7 Å². The highest BCUT2D eigenvalue weighted by molar-refractivity contribution is 6.36. The zero-order chi connectivity index (χ0) is 26.6. The Hall–Kier alpha value is -2.87. The van der Waals surface area contributed by atoms with Gasteiger partial charge in [-0.1, -0.05) is 49.2 Å². The fourth-order valence-corrected chi connectivity index (χ4v) is 4.70. The van der Waals surface area contributed by atoms with Crippen LogP contribution in [0.25, 0.3) is 11.1 Å². The zero-order valence-corrected chi connectivity index (χ0v) is 22.5. The van der Waals surface area contributed by atoms with Gasteiger partial charge in [-0.05, 0) is 62.3 Å². The number of nitrogens with two attached hydrogens (primary N) is 1. The van der Waals surface area contributed by atoms with E-state index in [2.05, 4.69) is 29.0 Å². The molecule has 2 aromatic carbocycles. The number of aromatic nitrogens is 1. The Morgan fingerprint density at radius 3 is 2.47 bits per heavy atom. The first kappa shape index (κ1) is 27.7. The van der Waals surface area contributed by atoms with Gasteiger partial charge in [-0.25, -0.2) is 9.37 Å². The monoisotopic (exact) mass is 532 g/mol. The van der Waals surface area contributed by atoms with Crippen LogP contribution >= 0.6 is 23.2 Å². The van der Waals surface area contributed by atoms with Crippen LogP contribution in [0.4, 0.5) is 10.2 Å². The third kappa shape index (κ3) is 6.87. The van der Waals surface area contributed by atoms with Gasteiger partial charge < -0.3 is 20.7 Å². The van der Waals surface area contributed by atoms with Crippen molar-refractivity contribution < 1.29 is 13.9 Å². The first-order valence-corrected chi connectivity index (χ1v) is 12.2. The molecule has 0 aliphatic heterocycles. The molecule has 3 rings (SSSR count). The number of hydrogen-bond acceptors (Lipinski definition) is 5. The molecule has 0 bridgehead atoms. The second kappa shape index (κ2) is 11.5. The van der Waals surface area contributed by atoms with Crippen LogP contribution in [0.3, 0.4) is 0 Å². The highest BCUT2D eigenvalue weighted by atomic mass is 35.5. The van der Waals surface area contributed by atoms with Crippen LogP contribution in [-0.2, 0) is 0 Å². The summed E-state index contributed by atoms with van der Waals surface area (Å²) in [5.41, 5.74) is 8.42. The van der Waals surface area contributed by atoms with Crippen molar-refractivity contribution in [3.05, 3.63) is 75.7 Å². The second-order valence-electron chi connectivity index (χ2n) is 9.79. The van der Waals surface area contributed by atoms with E-state index in [1.165, 1.54) is 12.1 Å². The molecular weight excluding hydrogens is 502 g/mol. The number of carbonyl (C=O) groups is 1. The maximum atomic E-state index is 14.0. The number of pyridine rings is 1. The van der Waals surface area contributed by atoms with Crippen molar-refractivity contribution in [1.29, 1.82) is 0 Å². The lowest BCUT2D eigenvalue weighted by molar-refractivity contribution is 0.0929. The van der Waals surface area contributed by atoms with E-state index in [1.807, 2.05) is 26.2 Å². The quantitative estimate of drug-likeness (QED) is 0.319. The highest BCUT2D eigenvalue weighted by Crippen LogP contribution is 2.37. The molecule has 3 N–H and O–H groups in total. The number of hydrogen-bond donors (Lipinski definition) is 2. The van der Waals surface area contributed by atoms with Crippen molar-refractivity contribution >= 4 is 34.9 Å². The number of nitrogens with zero attached hydrogens (tertiary/aromatic N) is 2. The molecule has 0 aliphatic rings. The molecule has 1 aromatic heterocycles. The number of anilines is 1. The number of carbonyl (C=O) groups excluding carboxylic acids is 1. The van der Waals surface area contributed by atoms with Gasteiger partial charge in [0.1, 0.15) is 11.9 Å². The molecule has 36 heavy (non-hydrogen) atoms. The number of ether oxygens (including phenoxy) is 1. The van der Waals surface area contributed by atoms with Gasteiger partial charge in [0, 0.05) is 41.0 Å². The second-order valence-corrected chi connectivity index (χ2v) is 10.6. The molecule has 1 atom stereocenters. The maximum Gasteiger partial charge on any atom is 0.251 e. The number of nitrogen functional groups attached to an aromatic ring is 1. The molecule has 0 saturated heterocycles. The summed E-state index contributed by atoms with van der Waals surface area (Å²) in [6.07, 6.45) is 0.941. The molecular formula is C27H31Cl2FN4O2. The average Bonchev–Trinajstić information content (AvgIpc) is 2.81. The molecule has 1 heterocycles. The van der Waals surface area contributed by atoms with Gasteiger partial charge in [0.25, 0.3) is 5.91 Å². The number of nitrogens with one attached hydrogen (secondary N) is 1. The Morgan fingerprint density at radius 1 is 1.17 bits per heavy atom. The first-order chi connectivity index (χ1) is 16.9. The number of halogens is 3. The molecule has 3 aromatic rings. The summed E-state index contributed by atoms with van der Waals surface area (Å²) >= 11 is 12.3. The lowest BCUT2D eigenvalue weighted by Crippen LogP contribution is -2.39. The first-order valence-electron chi connectivity index (χ1n) is 11.5. The maximum absolute atomic E-state index is 14.0.